The molecular formula is C21H23N3O4. The van der Waals surface area contributed by atoms with Gasteiger partial charge in [-0.2, -0.15) is 0 Å². The van der Waals surface area contributed by atoms with Crippen molar-refractivity contribution in [3.05, 3.63) is 64.6 Å². The minimum Gasteiger partial charge on any atom is -0.408 e. The van der Waals surface area contributed by atoms with Crippen LogP contribution >= 0.6 is 0 Å². The Morgan fingerprint density at radius 1 is 1.18 bits per heavy atom. The molecule has 1 aliphatic rings. The molecule has 0 saturated carbocycles. The Hall–Kier alpha value is -3.06. The fraction of sp³-hybridized carbons (Fsp3) is 0.333. The van der Waals surface area contributed by atoms with Crippen molar-refractivity contribution in [1.29, 1.82) is 0 Å². The molecule has 0 spiro atoms. The molecule has 1 unspecified atom stereocenters. The van der Waals surface area contributed by atoms with Gasteiger partial charge in [-0.1, -0.05) is 24.3 Å². The number of hydrogen-bond acceptors (Lipinski definition) is 5. The number of amides is 1. The van der Waals surface area contributed by atoms with Gasteiger partial charge < -0.3 is 19.7 Å². The van der Waals surface area contributed by atoms with Crippen LogP contribution in [-0.2, 0) is 6.54 Å². The van der Waals surface area contributed by atoms with Gasteiger partial charge in [0.25, 0.3) is 5.91 Å². The number of hydrogen-bond donors (Lipinski definition) is 2. The quantitative estimate of drug-likeness (QED) is 0.708. The topological polar surface area (TPSA) is 87.7 Å². The maximum Gasteiger partial charge on any atom is 0.420 e. The minimum atomic E-state index is -0.459. The number of β-amino-alcohol motifs (C(OH)–C–C–N with tert-alkyl or cyclic N) is 1. The van der Waals surface area contributed by atoms with Crippen molar-refractivity contribution in [3.8, 4) is 0 Å². The minimum absolute atomic E-state index is 0.0900. The standard InChI is InChI=1S/C21H23N3O4/c25-15-6-5-12-23(14-15)20(26)16-7-1-2-8-17(16)22-11-13-24-18-9-3-4-10-19(18)28-21(24)27/h1-4,7-10,15,22,25H,5-6,11-14H2. The molecule has 3 aromatic rings. The zero-order valence-electron chi connectivity index (χ0n) is 15.5. The van der Waals surface area contributed by atoms with Gasteiger partial charge in [0.15, 0.2) is 5.58 Å². The van der Waals surface area contributed by atoms with Gasteiger partial charge in [-0.05, 0) is 37.1 Å². The molecule has 1 aromatic heterocycles. The zero-order chi connectivity index (χ0) is 19.5. The first-order chi connectivity index (χ1) is 13.6. The van der Waals surface area contributed by atoms with Crippen LogP contribution in [0.5, 0.6) is 0 Å². The van der Waals surface area contributed by atoms with Crippen molar-refractivity contribution in [1.82, 2.24) is 9.47 Å². The fourth-order valence-corrected chi connectivity index (χ4v) is 3.66. The van der Waals surface area contributed by atoms with E-state index in [0.29, 0.717) is 43.0 Å². The van der Waals surface area contributed by atoms with E-state index in [0.717, 1.165) is 18.4 Å². The molecular weight excluding hydrogens is 358 g/mol. The lowest BCUT2D eigenvalue weighted by atomic mass is 10.1. The molecule has 7 heteroatoms. The highest BCUT2D eigenvalue weighted by molar-refractivity contribution is 5.99. The number of aliphatic hydroxyl groups is 1. The second kappa shape index (κ2) is 7.90. The van der Waals surface area contributed by atoms with E-state index in [4.69, 9.17) is 4.42 Å². The number of para-hydroxylation sites is 3. The Balaban J connectivity index is 1.47. The number of nitrogens with zero attached hydrogens (tertiary/aromatic N) is 2. The zero-order valence-corrected chi connectivity index (χ0v) is 15.5. The lowest BCUT2D eigenvalue weighted by molar-refractivity contribution is 0.0474. The third-order valence-corrected chi connectivity index (χ3v) is 5.07. The molecule has 0 radical (unpaired) electrons. The molecule has 4 rings (SSSR count). The number of likely N-dealkylation sites (tertiary alicyclic amines) is 1. The van der Waals surface area contributed by atoms with E-state index in [1.807, 2.05) is 36.4 Å². The second-order valence-electron chi connectivity index (χ2n) is 7.01. The highest BCUT2D eigenvalue weighted by Gasteiger charge is 2.24. The van der Waals surface area contributed by atoms with Crippen molar-refractivity contribution in [2.24, 2.45) is 0 Å². The highest BCUT2D eigenvalue weighted by atomic mass is 16.4. The first-order valence-electron chi connectivity index (χ1n) is 9.52. The number of piperidine rings is 1. The number of anilines is 1. The van der Waals surface area contributed by atoms with Gasteiger partial charge in [-0.15, -0.1) is 0 Å². The molecule has 1 atom stereocenters. The van der Waals surface area contributed by atoms with E-state index in [9.17, 15) is 14.7 Å². The van der Waals surface area contributed by atoms with E-state index < -0.39 is 11.9 Å². The lowest BCUT2D eigenvalue weighted by Crippen LogP contribution is -2.42. The number of oxazole rings is 1. The largest absolute Gasteiger partial charge is 0.420 e. The van der Waals surface area contributed by atoms with Gasteiger partial charge in [0.05, 0.1) is 17.2 Å². The van der Waals surface area contributed by atoms with Gasteiger partial charge in [0.2, 0.25) is 0 Å². The van der Waals surface area contributed by atoms with Gasteiger partial charge in [-0.3, -0.25) is 9.36 Å². The summed E-state index contributed by atoms with van der Waals surface area (Å²) in [5.74, 6) is -0.484. The summed E-state index contributed by atoms with van der Waals surface area (Å²) in [7, 11) is 0. The molecule has 0 aliphatic carbocycles. The third kappa shape index (κ3) is 3.66. The molecule has 2 aromatic carbocycles. The number of rotatable bonds is 5. The number of nitrogens with one attached hydrogen (secondary N) is 1. The summed E-state index contributed by atoms with van der Waals surface area (Å²) in [6.45, 7) is 1.90. The van der Waals surface area contributed by atoms with Gasteiger partial charge in [0.1, 0.15) is 0 Å². The Morgan fingerprint density at radius 2 is 1.96 bits per heavy atom. The normalized spacial score (nSPS) is 17.0. The molecule has 28 heavy (non-hydrogen) atoms. The molecule has 1 aliphatic heterocycles. The molecule has 1 amide bonds. The number of aliphatic hydroxyl groups excluding tert-OH is 1. The van der Waals surface area contributed by atoms with E-state index in [2.05, 4.69) is 5.32 Å². The highest BCUT2D eigenvalue weighted by Crippen LogP contribution is 2.20. The SMILES string of the molecule is O=C(c1ccccc1NCCn1c(=O)oc2ccccc21)N1CCCC(O)C1. The van der Waals surface area contributed by atoms with Gasteiger partial charge >= 0.3 is 5.76 Å². The first-order valence-corrected chi connectivity index (χ1v) is 9.52. The van der Waals surface area contributed by atoms with Crippen molar-refractivity contribution < 1.29 is 14.3 Å². The molecule has 2 heterocycles. The van der Waals surface area contributed by atoms with Crippen LogP contribution in [0.4, 0.5) is 5.69 Å². The van der Waals surface area contributed by atoms with Crippen molar-refractivity contribution in [3.63, 3.8) is 0 Å². The van der Waals surface area contributed by atoms with E-state index in [-0.39, 0.29) is 5.91 Å². The van der Waals surface area contributed by atoms with Crippen LogP contribution in [0.15, 0.2) is 57.7 Å². The van der Waals surface area contributed by atoms with Crippen molar-refractivity contribution in [2.45, 2.75) is 25.5 Å². The maximum atomic E-state index is 12.9. The molecule has 1 fully saturated rings. The number of benzene rings is 2. The lowest BCUT2D eigenvalue weighted by Gasteiger charge is -2.30. The Bertz CT molecular complexity index is 1040. The summed E-state index contributed by atoms with van der Waals surface area (Å²) >= 11 is 0. The number of carbonyl (C=O) groups excluding carboxylic acids is 1. The van der Waals surface area contributed by atoms with E-state index in [1.165, 1.54) is 0 Å². The average Bonchev–Trinajstić information content (AvgIpc) is 3.03. The van der Waals surface area contributed by atoms with Crippen LogP contribution in [0.3, 0.4) is 0 Å². The summed E-state index contributed by atoms with van der Waals surface area (Å²) in [5.41, 5.74) is 2.60. The molecule has 146 valence electrons. The smallest absolute Gasteiger partial charge is 0.408 e. The predicted octanol–water partition coefficient (Wildman–Crippen LogP) is 2.30. The van der Waals surface area contributed by atoms with E-state index >= 15 is 0 Å². The third-order valence-electron chi connectivity index (χ3n) is 5.07. The average molecular weight is 381 g/mol. The maximum absolute atomic E-state index is 12.9. The van der Waals surface area contributed by atoms with Crippen molar-refractivity contribution >= 4 is 22.7 Å². The number of aromatic nitrogens is 1. The van der Waals surface area contributed by atoms with Crippen LogP contribution < -0.4 is 11.1 Å². The van der Waals surface area contributed by atoms with Crippen LogP contribution in [0, 0.1) is 0 Å². The summed E-state index contributed by atoms with van der Waals surface area (Å²) in [6.07, 6.45) is 1.08. The van der Waals surface area contributed by atoms with Crippen LogP contribution in [0.25, 0.3) is 11.1 Å². The van der Waals surface area contributed by atoms with Gasteiger partial charge in [-0.25, -0.2) is 4.79 Å². The monoisotopic (exact) mass is 381 g/mol. The fourth-order valence-electron chi connectivity index (χ4n) is 3.66. The van der Waals surface area contributed by atoms with Crippen LogP contribution in [0.2, 0.25) is 0 Å². The van der Waals surface area contributed by atoms with Crippen LogP contribution in [-0.4, -0.2) is 46.2 Å². The molecule has 7 nitrogen and oxygen atoms in total. The molecule has 1 saturated heterocycles. The first kappa shape index (κ1) is 18.3. The van der Waals surface area contributed by atoms with Gasteiger partial charge in [0, 0.05) is 31.9 Å². The predicted molar refractivity (Wildman–Crippen MR) is 107 cm³/mol. The van der Waals surface area contributed by atoms with Crippen LogP contribution in [0.1, 0.15) is 23.2 Å². The summed E-state index contributed by atoms with van der Waals surface area (Å²) in [6, 6.07) is 14.6. The summed E-state index contributed by atoms with van der Waals surface area (Å²) in [4.78, 5) is 26.7. The number of fused-ring (bicyclic) bond motifs is 1. The van der Waals surface area contributed by atoms with E-state index in [1.54, 1.807) is 21.6 Å². The Kier molecular flexibility index (Phi) is 5.16. The molecule has 0 bridgehead atoms. The Morgan fingerprint density at radius 3 is 2.82 bits per heavy atom. The summed E-state index contributed by atoms with van der Waals surface area (Å²) in [5, 5.41) is 13.1. The second-order valence-corrected chi connectivity index (χ2v) is 7.01. The number of carbonyl (C=O) groups is 1. The van der Waals surface area contributed by atoms with Crippen molar-refractivity contribution in [2.75, 3.05) is 25.0 Å². The molecule has 2 N–H and O–H groups in total. The Labute approximate surface area is 162 Å². The summed E-state index contributed by atoms with van der Waals surface area (Å²) < 4.78 is 6.83.